The lowest BCUT2D eigenvalue weighted by Gasteiger charge is -2.20. The van der Waals surface area contributed by atoms with Gasteiger partial charge >= 0.3 is 0 Å². The molecule has 0 saturated carbocycles. The maximum atomic E-state index is 5.89. The number of rotatable bonds is 11. The molecule has 0 radical (unpaired) electrons. The van der Waals surface area contributed by atoms with E-state index < -0.39 is 0 Å². The Morgan fingerprint density at radius 3 is 2.64 bits per heavy atom. The van der Waals surface area contributed by atoms with Crippen molar-refractivity contribution in [2.24, 2.45) is 4.99 Å². The van der Waals surface area contributed by atoms with Gasteiger partial charge in [-0.15, -0.1) is 0 Å². The van der Waals surface area contributed by atoms with Crippen molar-refractivity contribution in [3.05, 3.63) is 24.3 Å². The molecule has 0 aromatic heterocycles. The molecule has 25 heavy (non-hydrogen) atoms. The van der Waals surface area contributed by atoms with Gasteiger partial charge in [0.1, 0.15) is 17.6 Å². The van der Waals surface area contributed by atoms with Crippen LogP contribution in [0.4, 0.5) is 0 Å². The van der Waals surface area contributed by atoms with Crippen molar-refractivity contribution in [1.82, 2.24) is 15.5 Å². The quantitative estimate of drug-likeness (QED) is 0.461. The SMILES string of the molecule is CN=C(NCCN(C)CCOC)NCC(C)Oc1cccc(OC)c1. The molecule has 0 fully saturated rings. The first kappa shape index (κ1) is 21.1. The number of hydrogen-bond acceptors (Lipinski definition) is 5. The van der Waals surface area contributed by atoms with Crippen molar-refractivity contribution in [3.63, 3.8) is 0 Å². The third kappa shape index (κ3) is 9.16. The number of aliphatic imine (C=N–C) groups is 1. The summed E-state index contributed by atoms with van der Waals surface area (Å²) in [5.74, 6) is 2.34. The fourth-order valence-electron chi connectivity index (χ4n) is 2.13. The molecule has 1 aromatic carbocycles. The van der Waals surface area contributed by atoms with Crippen molar-refractivity contribution in [3.8, 4) is 11.5 Å². The van der Waals surface area contributed by atoms with Crippen LogP contribution in [-0.4, -0.2) is 78.1 Å². The third-order valence-corrected chi connectivity index (χ3v) is 3.62. The lowest BCUT2D eigenvalue weighted by Crippen LogP contribution is -2.44. The minimum Gasteiger partial charge on any atom is -0.497 e. The normalized spacial score (nSPS) is 12.8. The molecule has 1 atom stereocenters. The minimum atomic E-state index is -0.00460. The maximum Gasteiger partial charge on any atom is 0.191 e. The summed E-state index contributed by atoms with van der Waals surface area (Å²) in [4.78, 5) is 6.44. The van der Waals surface area contributed by atoms with Gasteiger partial charge in [0.2, 0.25) is 0 Å². The van der Waals surface area contributed by atoms with Gasteiger partial charge in [0.25, 0.3) is 0 Å². The van der Waals surface area contributed by atoms with Gasteiger partial charge in [-0.25, -0.2) is 0 Å². The van der Waals surface area contributed by atoms with Crippen LogP contribution in [0.1, 0.15) is 6.92 Å². The number of nitrogens with zero attached hydrogens (tertiary/aromatic N) is 2. The Kier molecular flexibility index (Phi) is 10.4. The lowest BCUT2D eigenvalue weighted by atomic mass is 10.3. The standard InChI is InChI=1S/C18H32N4O3/c1-15(25-17-8-6-7-16(13-17)24-5)14-21-18(19-2)20-9-10-22(3)11-12-23-4/h6-8,13,15H,9-12,14H2,1-5H3,(H2,19,20,21). The number of likely N-dealkylation sites (N-methyl/N-ethyl adjacent to an activating group) is 1. The molecule has 1 unspecified atom stereocenters. The highest BCUT2D eigenvalue weighted by molar-refractivity contribution is 5.79. The molecule has 0 bridgehead atoms. The summed E-state index contributed by atoms with van der Waals surface area (Å²) in [6.45, 7) is 6.04. The number of guanidine groups is 1. The number of benzene rings is 1. The molecule has 1 rings (SSSR count). The van der Waals surface area contributed by atoms with E-state index in [9.17, 15) is 0 Å². The molecule has 0 aliphatic carbocycles. The number of hydrogen-bond donors (Lipinski definition) is 2. The van der Waals surface area contributed by atoms with E-state index in [0.29, 0.717) is 6.54 Å². The smallest absolute Gasteiger partial charge is 0.191 e. The van der Waals surface area contributed by atoms with Gasteiger partial charge < -0.3 is 29.7 Å². The predicted molar refractivity (Wildman–Crippen MR) is 102 cm³/mol. The van der Waals surface area contributed by atoms with Crippen molar-refractivity contribution in [1.29, 1.82) is 0 Å². The van der Waals surface area contributed by atoms with Gasteiger partial charge in [-0.2, -0.15) is 0 Å². The molecule has 142 valence electrons. The first-order valence-electron chi connectivity index (χ1n) is 8.51. The second-order valence-electron chi connectivity index (χ2n) is 5.78. The number of ether oxygens (including phenoxy) is 3. The van der Waals surface area contributed by atoms with E-state index in [4.69, 9.17) is 14.2 Å². The van der Waals surface area contributed by atoms with Crippen LogP contribution in [0.2, 0.25) is 0 Å². The van der Waals surface area contributed by atoms with Gasteiger partial charge in [0.05, 0.1) is 20.3 Å². The van der Waals surface area contributed by atoms with E-state index in [1.807, 2.05) is 31.2 Å². The van der Waals surface area contributed by atoms with Gasteiger partial charge in [-0.1, -0.05) is 6.07 Å². The third-order valence-electron chi connectivity index (χ3n) is 3.62. The van der Waals surface area contributed by atoms with Crippen LogP contribution in [0.3, 0.4) is 0 Å². The molecule has 1 aromatic rings. The highest BCUT2D eigenvalue weighted by Crippen LogP contribution is 2.19. The van der Waals surface area contributed by atoms with Crippen LogP contribution < -0.4 is 20.1 Å². The number of methoxy groups -OCH3 is 2. The fourth-order valence-corrected chi connectivity index (χ4v) is 2.13. The van der Waals surface area contributed by atoms with E-state index in [2.05, 4.69) is 27.6 Å². The van der Waals surface area contributed by atoms with E-state index in [1.54, 1.807) is 21.3 Å². The van der Waals surface area contributed by atoms with Crippen molar-refractivity contribution in [2.75, 3.05) is 61.1 Å². The van der Waals surface area contributed by atoms with E-state index in [0.717, 1.165) is 43.7 Å². The Balaban J connectivity index is 2.29. The number of nitrogens with one attached hydrogen (secondary N) is 2. The van der Waals surface area contributed by atoms with Crippen molar-refractivity contribution >= 4 is 5.96 Å². The summed E-state index contributed by atoms with van der Waals surface area (Å²) in [5.41, 5.74) is 0. The largest absolute Gasteiger partial charge is 0.497 e. The van der Waals surface area contributed by atoms with Gasteiger partial charge in [0.15, 0.2) is 5.96 Å². The van der Waals surface area contributed by atoms with E-state index >= 15 is 0 Å². The molecule has 0 amide bonds. The zero-order valence-corrected chi connectivity index (χ0v) is 16.0. The van der Waals surface area contributed by atoms with Crippen LogP contribution in [-0.2, 0) is 4.74 Å². The molecule has 2 N–H and O–H groups in total. The monoisotopic (exact) mass is 352 g/mol. The van der Waals surface area contributed by atoms with Crippen LogP contribution in [0.15, 0.2) is 29.3 Å². The van der Waals surface area contributed by atoms with Crippen LogP contribution in [0, 0.1) is 0 Å². The zero-order chi connectivity index (χ0) is 18.5. The Bertz CT molecular complexity index is 511. The van der Waals surface area contributed by atoms with E-state index in [-0.39, 0.29) is 6.10 Å². The lowest BCUT2D eigenvalue weighted by molar-refractivity contribution is 0.162. The van der Waals surface area contributed by atoms with Crippen molar-refractivity contribution < 1.29 is 14.2 Å². The van der Waals surface area contributed by atoms with Gasteiger partial charge in [-0.05, 0) is 26.1 Å². The summed E-state index contributed by atoms with van der Waals surface area (Å²) < 4.78 is 16.2. The Labute approximate surface area is 151 Å². The Morgan fingerprint density at radius 2 is 1.96 bits per heavy atom. The summed E-state index contributed by atoms with van der Waals surface area (Å²) in [6.07, 6.45) is -0.00460. The average Bonchev–Trinajstić information content (AvgIpc) is 2.62. The van der Waals surface area contributed by atoms with Crippen LogP contribution in [0.25, 0.3) is 0 Å². The van der Waals surface area contributed by atoms with Gasteiger partial charge in [0, 0.05) is 39.9 Å². The molecule has 0 saturated heterocycles. The summed E-state index contributed by atoms with van der Waals surface area (Å²) in [6, 6.07) is 7.60. The summed E-state index contributed by atoms with van der Waals surface area (Å²) >= 11 is 0. The molecular formula is C18H32N4O3. The zero-order valence-electron chi connectivity index (χ0n) is 16.0. The molecule has 0 aliphatic heterocycles. The van der Waals surface area contributed by atoms with Crippen LogP contribution in [0.5, 0.6) is 11.5 Å². The predicted octanol–water partition coefficient (Wildman–Crippen LogP) is 1.21. The molecule has 0 aliphatic rings. The maximum absolute atomic E-state index is 5.89. The molecule has 7 heteroatoms. The molecule has 0 heterocycles. The Morgan fingerprint density at radius 1 is 1.20 bits per heavy atom. The first-order chi connectivity index (χ1) is 12.1. The first-order valence-corrected chi connectivity index (χ1v) is 8.51. The second-order valence-corrected chi connectivity index (χ2v) is 5.78. The fraction of sp³-hybridized carbons (Fsp3) is 0.611. The summed E-state index contributed by atoms with van der Waals surface area (Å²) in [5, 5.41) is 6.57. The Hall–Kier alpha value is -1.99. The molecular weight excluding hydrogens is 320 g/mol. The summed E-state index contributed by atoms with van der Waals surface area (Å²) in [7, 11) is 7.19. The molecule has 0 spiro atoms. The minimum absolute atomic E-state index is 0.00460. The topological polar surface area (TPSA) is 67.4 Å². The average molecular weight is 352 g/mol. The van der Waals surface area contributed by atoms with E-state index in [1.165, 1.54) is 0 Å². The second kappa shape index (κ2) is 12.4. The highest BCUT2D eigenvalue weighted by Gasteiger charge is 2.07. The van der Waals surface area contributed by atoms with Crippen LogP contribution >= 0.6 is 0 Å². The molecule has 7 nitrogen and oxygen atoms in total. The highest BCUT2D eigenvalue weighted by atomic mass is 16.5. The van der Waals surface area contributed by atoms with Crippen molar-refractivity contribution in [2.45, 2.75) is 13.0 Å². The van der Waals surface area contributed by atoms with Gasteiger partial charge in [-0.3, -0.25) is 4.99 Å².